The number of carboxylic acid groups (broad SMARTS) is 2. The molecule has 7 nitrogen and oxygen atoms in total. The minimum absolute atomic E-state index is 0.0544. The van der Waals surface area contributed by atoms with Crippen LogP contribution in [0.5, 0.6) is 0 Å². The molecular formula is C13H17NO6S. The van der Waals surface area contributed by atoms with E-state index < -0.39 is 34.4 Å². The van der Waals surface area contributed by atoms with Gasteiger partial charge in [0.05, 0.1) is 4.90 Å². The zero-order chi connectivity index (χ0) is 16.0. The number of hydrogen-bond acceptors (Lipinski definition) is 4. The summed E-state index contributed by atoms with van der Waals surface area (Å²) >= 11 is 0. The van der Waals surface area contributed by atoms with Gasteiger partial charge in [-0.2, -0.15) is 4.72 Å². The van der Waals surface area contributed by atoms with Crippen molar-refractivity contribution >= 4 is 22.0 Å². The fourth-order valence-electron chi connectivity index (χ4n) is 1.66. The average Bonchev–Trinajstić information content (AvgIpc) is 2.43. The van der Waals surface area contributed by atoms with Crippen molar-refractivity contribution in [3.63, 3.8) is 0 Å². The molecule has 0 saturated carbocycles. The Kier molecular flexibility index (Phi) is 5.86. The molecule has 0 radical (unpaired) electrons. The molecule has 1 aromatic rings. The Labute approximate surface area is 122 Å². The van der Waals surface area contributed by atoms with Gasteiger partial charge in [-0.15, -0.1) is 0 Å². The van der Waals surface area contributed by atoms with E-state index in [4.69, 9.17) is 10.2 Å². The summed E-state index contributed by atoms with van der Waals surface area (Å²) in [5, 5.41) is 17.5. The van der Waals surface area contributed by atoms with Crippen molar-refractivity contribution in [1.29, 1.82) is 0 Å². The lowest BCUT2D eigenvalue weighted by Gasteiger charge is -2.14. The van der Waals surface area contributed by atoms with Crippen LogP contribution in [0.25, 0.3) is 0 Å². The fraction of sp³-hybridized carbons (Fsp3) is 0.385. The molecule has 21 heavy (non-hydrogen) atoms. The number of benzene rings is 1. The van der Waals surface area contributed by atoms with Gasteiger partial charge in [0.2, 0.25) is 10.0 Å². The molecule has 1 aromatic carbocycles. The quantitative estimate of drug-likeness (QED) is 0.654. The maximum Gasteiger partial charge on any atom is 0.321 e. The molecule has 3 N–H and O–H groups in total. The first kappa shape index (κ1) is 17.1. The van der Waals surface area contributed by atoms with Crippen molar-refractivity contribution in [1.82, 2.24) is 4.72 Å². The molecule has 0 aromatic heterocycles. The fourth-order valence-corrected chi connectivity index (χ4v) is 2.88. The van der Waals surface area contributed by atoms with Gasteiger partial charge in [0.25, 0.3) is 0 Å². The molecule has 0 aliphatic carbocycles. The van der Waals surface area contributed by atoms with Gasteiger partial charge in [-0.3, -0.25) is 9.59 Å². The van der Waals surface area contributed by atoms with Gasteiger partial charge in [0, 0.05) is 6.42 Å². The molecule has 0 bridgehead atoms. The van der Waals surface area contributed by atoms with Gasteiger partial charge in [0.15, 0.2) is 0 Å². The van der Waals surface area contributed by atoms with Crippen molar-refractivity contribution < 1.29 is 28.2 Å². The summed E-state index contributed by atoms with van der Waals surface area (Å²) in [7, 11) is -4.00. The third-order valence-electron chi connectivity index (χ3n) is 2.88. The lowest BCUT2D eigenvalue weighted by molar-refractivity contribution is -0.140. The maximum atomic E-state index is 12.1. The van der Waals surface area contributed by atoms with E-state index in [1.54, 1.807) is 12.1 Å². The number of carboxylic acids is 2. The molecule has 1 atom stereocenters. The monoisotopic (exact) mass is 315 g/mol. The van der Waals surface area contributed by atoms with E-state index in [1.807, 2.05) is 11.6 Å². The zero-order valence-electron chi connectivity index (χ0n) is 11.4. The molecule has 0 fully saturated rings. The van der Waals surface area contributed by atoms with Gasteiger partial charge in [-0.25, -0.2) is 8.42 Å². The van der Waals surface area contributed by atoms with Gasteiger partial charge >= 0.3 is 11.9 Å². The smallest absolute Gasteiger partial charge is 0.321 e. The first-order valence-corrected chi connectivity index (χ1v) is 7.80. The Hall–Kier alpha value is -1.93. The van der Waals surface area contributed by atoms with Crippen molar-refractivity contribution in [2.75, 3.05) is 0 Å². The number of nitrogens with one attached hydrogen (secondary N) is 1. The lowest BCUT2D eigenvalue weighted by Crippen LogP contribution is -2.41. The number of rotatable bonds is 8. The summed E-state index contributed by atoms with van der Waals surface area (Å²) in [4.78, 5) is 21.4. The second-order valence-corrected chi connectivity index (χ2v) is 6.16. The van der Waals surface area contributed by atoms with E-state index in [0.29, 0.717) is 0 Å². The standard InChI is InChI=1S/C13H17NO6S/c1-2-9-3-5-10(6-4-9)21(19,20)14-11(13(17)18)7-8-12(15)16/h3-6,11,14H,2,7-8H2,1H3,(H,15,16)(H,17,18)/t11-/m0/s1. The van der Waals surface area contributed by atoms with Crippen LogP contribution in [0, 0.1) is 0 Å². The Morgan fingerprint density at radius 2 is 1.76 bits per heavy atom. The largest absolute Gasteiger partial charge is 0.481 e. The average molecular weight is 315 g/mol. The lowest BCUT2D eigenvalue weighted by atomic mass is 10.2. The number of aryl methyl sites for hydroxylation is 1. The number of hydrogen-bond donors (Lipinski definition) is 3. The Morgan fingerprint density at radius 1 is 1.19 bits per heavy atom. The van der Waals surface area contributed by atoms with E-state index in [9.17, 15) is 18.0 Å². The van der Waals surface area contributed by atoms with Crippen LogP contribution in [0.4, 0.5) is 0 Å². The van der Waals surface area contributed by atoms with E-state index in [-0.39, 0.29) is 11.3 Å². The first-order valence-electron chi connectivity index (χ1n) is 6.32. The SMILES string of the molecule is CCc1ccc(S(=O)(=O)N[C@@H](CCC(=O)O)C(=O)O)cc1. The molecule has 0 aliphatic rings. The summed E-state index contributed by atoms with van der Waals surface area (Å²) in [6, 6.07) is 4.58. The number of carbonyl (C=O) groups is 2. The number of aliphatic carboxylic acids is 2. The Morgan fingerprint density at radius 3 is 2.19 bits per heavy atom. The molecule has 0 amide bonds. The predicted molar refractivity (Wildman–Crippen MR) is 74.4 cm³/mol. The minimum atomic E-state index is -4.00. The molecule has 116 valence electrons. The highest BCUT2D eigenvalue weighted by Gasteiger charge is 2.25. The van der Waals surface area contributed by atoms with Gasteiger partial charge in [0.1, 0.15) is 6.04 Å². The third-order valence-corrected chi connectivity index (χ3v) is 4.37. The highest BCUT2D eigenvalue weighted by molar-refractivity contribution is 7.89. The highest BCUT2D eigenvalue weighted by atomic mass is 32.2. The van der Waals surface area contributed by atoms with Crippen LogP contribution in [-0.2, 0) is 26.0 Å². The van der Waals surface area contributed by atoms with Crippen LogP contribution in [0.3, 0.4) is 0 Å². The van der Waals surface area contributed by atoms with Crippen LogP contribution in [0.1, 0.15) is 25.3 Å². The van der Waals surface area contributed by atoms with E-state index in [2.05, 4.69) is 0 Å². The van der Waals surface area contributed by atoms with Crippen molar-refractivity contribution in [2.45, 2.75) is 37.1 Å². The summed E-state index contributed by atoms with van der Waals surface area (Å²) in [6.07, 6.45) is -0.00464. The zero-order valence-corrected chi connectivity index (χ0v) is 12.3. The van der Waals surface area contributed by atoms with Crippen LogP contribution in [0.15, 0.2) is 29.2 Å². The molecule has 0 saturated heterocycles. The summed E-state index contributed by atoms with van der Waals surface area (Å²) in [5.41, 5.74) is 0.953. The van der Waals surface area contributed by atoms with Crippen LogP contribution >= 0.6 is 0 Å². The molecular weight excluding hydrogens is 298 g/mol. The van der Waals surface area contributed by atoms with Gasteiger partial charge < -0.3 is 10.2 Å². The van der Waals surface area contributed by atoms with Crippen LogP contribution < -0.4 is 4.72 Å². The predicted octanol–water partition coefficient (Wildman–Crippen LogP) is 0.845. The van der Waals surface area contributed by atoms with Crippen LogP contribution in [-0.4, -0.2) is 36.6 Å². The molecule has 1 rings (SSSR count). The summed E-state index contributed by atoms with van der Waals surface area (Å²) in [5.74, 6) is -2.60. The number of sulfonamides is 1. The summed E-state index contributed by atoms with van der Waals surface area (Å²) < 4.78 is 26.2. The van der Waals surface area contributed by atoms with Gasteiger partial charge in [-0.05, 0) is 30.5 Å². The Balaban J connectivity index is 2.89. The van der Waals surface area contributed by atoms with Crippen molar-refractivity contribution in [3.05, 3.63) is 29.8 Å². The topological polar surface area (TPSA) is 121 Å². The maximum absolute atomic E-state index is 12.1. The first-order chi connectivity index (χ1) is 9.76. The molecule has 0 unspecified atom stereocenters. The molecule has 0 spiro atoms. The normalized spacial score (nSPS) is 12.8. The van der Waals surface area contributed by atoms with Crippen LogP contribution in [0.2, 0.25) is 0 Å². The molecule has 0 heterocycles. The van der Waals surface area contributed by atoms with E-state index in [0.717, 1.165) is 12.0 Å². The molecule has 8 heteroatoms. The van der Waals surface area contributed by atoms with Crippen molar-refractivity contribution in [3.8, 4) is 0 Å². The van der Waals surface area contributed by atoms with E-state index >= 15 is 0 Å². The summed E-state index contributed by atoms with van der Waals surface area (Å²) in [6.45, 7) is 1.92. The van der Waals surface area contributed by atoms with E-state index in [1.165, 1.54) is 12.1 Å². The second-order valence-electron chi connectivity index (χ2n) is 4.44. The molecule has 0 aliphatic heterocycles. The Bertz CT molecular complexity index is 608. The minimum Gasteiger partial charge on any atom is -0.481 e. The second kappa shape index (κ2) is 7.19. The van der Waals surface area contributed by atoms with Gasteiger partial charge in [-0.1, -0.05) is 19.1 Å². The van der Waals surface area contributed by atoms with Crippen molar-refractivity contribution in [2.24, 2.45) is 0 Å². The highest BCUT2D eigenvalue weighted by Crippen LogP contribution is 2.12. The third kappa shape index (κ3) is 5.16.